The van der Waals surface area contributed by atoms with Crippen molar-refractivity contribution < 1.29 is 19.7 Å². The molecule has 0 fully saturated rings. The van der Waals surface area contributed by atoms with Gasteiger partial charge in [0.05, 0.1) is 29.0 Å². The highest BCUT2D eigenvalue weighted by Crippen LogP contribution is 2.37. The van der Waals surface area contributed by atoms with Gasteiger partial charge in [-0.05, 0) is 38.4 Å². The number of rotatable bonds is 2. The minimum Gasteiger partial charge on any atom is -0.508 e. The number of carbonyl (C=O) groups excluding carboxylic acids is 1. The zero-order chi connectivity index (χ0) is 22.4. The molecule has 0 saturated heterocycles. The van der Waals surface area contributed by atoms with Gasteiger partial charge < -0.3 is 24.4 Å². The lowest BCUT2D eigenvalue weighted by Gasteiger charge is -2.21. The summed E-state index contributed by atoms with van der Waals surface area (Å²) in [6.07, 6.45) is -1.47. The average Bonchev–Trinajstić information content (AvgIpc) is 3.11. The number of benzene rings is 1. The normalized spacial score (nSPS) is 16.3. The maximum Gasteiger partial charge on any atom is 0.340 e. The van der Waals surface area contributed by atoms with Crippen molar-refractivity contribution in [2.75, 3.05) is 14.1 Å². The zero-order valence-corrected chi connectivity index (χ0v) is 18.0. The first-order valence-corrected chi connectivity index (χ1v) is 10.3. The molecule has 8 nitrogen and oxygen atoms in total. The molecule has 4 heterocycles. The number of aromatic hydroxyl groups is 1. The molecule has 0 spiro atoms. The highest BCUT2D eigenvalue weighted by molar-refractivity contribution is 5.88. The van der Waals surface area contributed by atoms with Crippen LogP contribution in [0.5, 0.6) is 5.75 Å². The number of carbonyl (C=O) groups is 1. The van der Waals surface area contributed by atoms with Gasteiger partial charge in [-0.3, -0.25) is 4.79 Å². The predicted octanol–water partition coefficient (Wildman–Crippen LogP) is 2.31. The summed E-state index contributed by atoms with van der Waals surface area (Å²) in [7, 11) is 3.85. The van der Waals surface area contributed by atoms with Crippen LogP contribution in [0.1, 0.15) is 42.2 Å². The standard InChI is InChI=1S/C21H19N3O5.C2H6/c1-23(2)8-13-11-5-10-7-24-16(18(10)22-15(11)3-4-17(13)25)6-12-14(20(24)27)9-29-21(28)19(12)26;1-2/h3-6,19,25-26H,7-9H2,1-2H3;1-2H3. The van der Waals surface area contributed by atoms with Crippen molar-refractivity contribution in [1.82, 2.24) is 14.5 Å². The van der Waals surface area contributed by atoms with Crippen molar-refractivity contribution in [3.05, 3.63) is 56.9 Å². The van der Waals surface area contributed by atoms with Gasteiger partial charge in [-0.15, -0.1) is 0 Å². The van der Waals surface area contributed by atoms with E-state index in [1.54, 1.807) is 22.8 Å². The van der Waals surface area contributed by atoms with Gasteiger partial charge in [0.15, 0.2) is 6.10 Å². The Morgan fingerprint density at radius 2 is 1.97 bits per heavy atom. The van der Waals surface area contributed by atoms with Crippen molar-refractivity contribution in [3.63, 3.8) is 0 Å². The molecule has 2 N–H and O–H groups in total. The van der Waals surface area contributed by atoms with E-state index in [-0.39, 0.29) is 23.5 Å². The topological polar surface area (TPSA) is 105 Å². The molecule has 5 rings (SSSR count). The van der Waals surface area contributed by atoms with E-state index in [1.165, 1.54) is 0 Å². The van der Waals surface area contributed by atoms with Gasteiger partial charge in [-0.2, -0.15) is 0 Å². The molecule has 0 saturated carbocycles. The Morgan fingerprint density at radius 1 is 1.23 bits per heavy atom. The SMILES string of the molecule is CC.CN(C)Cc1c(O)ccc2nc3c(cc12)Cn1c-3cc2c(c1=O)COC(=O)C2O. The summed E-state index contributed by atoms with van der Waals surface area (Å²) < 4.78 is 6.50. The number of esters is 1. The van der Waals surface area contributed by atoms with E-state index in [1.807, 2.05) is 38.9 Å². The summed E-state index contributed by atoms with van der Waals surface area (Å²) in [6, 6.07) is 6.98. The molecular formula is C23H25N3O5. The number of hydrogen-bond donors (Lipinski definition) is 2. The maximum atomic E-state index is 13.0. The van der Waals surface area contributed by atoms with E-state index in [4.69, 9.17) is 9.72 Å². The number of aromatic nitrogens is 2. The molecule has 0 aliphatic carbocycles. The number of fused-ring (bicyclic) bond motifs is 5. The fourth-order valence-corrected chi connectivity index (χ4v) is 4.13. The molecular weight excluding hydrogens is 398 g/mol. The first-order valence-electron chi connectivity index (χ1n) is 10.3. The molecule has 0 radical (unpaired) electrons. The van der Waals surface area contributed by atoms with Gasteiger partial charge in [0.2, 0.25) is 0 Å². The molecule has 162 valence electrons. The van der Waals surface area contributed by atoms with Crippen molar-refractivity contribution in [3.8, 4) is 17.1 Å². The van der Waals surface area contributed by atoms with E-state index in [0.29, 0.717) is 35.6 Å². The number of nitrogens with zero attached hydrogens (tertiary/aromatic N) is 3. The van der Waals surface area contributed by atoms with Gasteiger partial charge in [-0.1, -0.05) is 13.8 Å². The molecule has 2 aliphatic heterocycles. The fourth-order valence-electron chi connectivity index (χ4n) is 4.13. The maximum absolute atomic E-state index is 13.0. The Hall–Kier alpha value is -3.23. The van der Waals surface area contributed by atoms with Gasteiger partial charge in [0, 0.05) is 28.6 Å². The third-order valence-electron chi connectivity index (χ3n) is 5.52. The van der Waals surface area contributed by atoms with E-state index in [9.17, 15) is 19.8 Å². The molecule has 0 bridgehead atoms. The van der Waals surface area contributed by atoms with Gasteiger partial charge in [-0.25, -0.2) is 9.78 Å². The Morgan fingerprint density at radius 3 is 2.68 bits per heavy atom. The summed E-state index contributed by atoms with van der Waals surface area (Å²) in [5.74, 6) is -0.551. The molecule has 1 atom stereocenters. The molecule has 31 heavy (non-hydrogen) atoms. The van der Waals surface area contributed by atoms with Crippen molar-refractivity contribution in [2.45, 2.75) is 39.6 Å². The van der Waals surface area contributed by atoms with Gasteiger partial charge >= 0.3 is 5.97 Å². The minimum absolute atomic E-state index is 0.142. The fraction of sp³-hybridized carbons (Fsp3) is 0.348. The summed E-state index contributed by atoms with van der Waals surface area (Å²) in [5, 5.41) is 21.4. The monoisotopic (exact) mass is 423 g/mol. The van der Waals surface area contributed by atoms with Crippen LogP contribution in [0.15, 0.2) is 29.1 Å². The van der Waals surface area contributed by atoms with Crippen LogP contribution >= 0.6 is 0 Å². The van der Waals surface area contributed by atoms with Gasteiger partial charge in [0.1, 0.15) is 12.4 Å². The molecule has 8 heteroatoms. The van der Waals surface area contributed by atoms with Crippen molar-refractivity contribution in [2.24, 2.45) is 0 Å². The summed E-state index contributed by atoms with van der Waals surface area (Å²) in [6.45, 7) is 4.74. The van der Waals surface area contributed by atoms with Crippen LogP contribution in [-0.2, 0) is 29.2 Å². The largest absolute Gasteiger partial charge is 0.508 e. The first kappa shape index (κ1) is 21.0. The summed E-state index contributed by atoms with van der Waals surface area (Å²) in [4.78, 5) is 31.4. The second-order valence-corrected chi connectivity index (χ2v) is 7.73. The Balaban J connectivity index is 0.00000112. The summed E-state index contributed by atoms with van der Waals surface area (Å²) >= 11 is 0. The Bertz CT molecular complexity index is 1260. The van der Waals surface area contributed by atoms with E-state index >= 15 is 0 Å². The van der Waals surface area contributed by atoms with Crippen molar-refractivity contribution >= 4 is 16.9 Å². The van der Waals surface area contributed by atoms with E-state index in [2.05, 4.69) is 0 Å². The lowest BCUT2D eigenvalue weighted by Crippen LogP contribution is -2.32. The van der Waals surface area contributed by atoms with Crippen LogP contribution in [0.3, 0.4) is 0 Å². The molecule has 2 aromatic heterocycles. The van der Waals surface area contributed by atoms with E-state index < -0.39 is 12.1 Å². The summed E-state index contributed by atoms with van der Waals surface area (Å²) in [5.41, 5.74) is 3.84. The number of phenols is 1. The Labute approximate surface area is 179 Å². The minimum atomic E-state index is -1.47. The van der Waals surface area contributed by atoms with Crippen LogP contribution in [-0.4, -0.2) is 44.7 Å². The second kappa shape index (κ2) is 7.79. The van der Waals surface area contributed by atoms with Crippen LogP contribution in [0.2, 0.25) is 0 Å². The smallest absolute Gasteiger partial charge is 0.340 e. The first-order chi connectivity index (χ1) is 14.8. The predicted molar refractivity (Wildman–Crippen MR) is 116 cm³/mol. The quantitative estimate of drug-likeness (QED) is 0.477. The van der Waals surface area contributed by atoms with Gasteiger partial charge in [0.25, 0.3) is 5.56 Å². The third-order valence-corrected chi connectivity index (χ3v) is 5.52. The Kier molecular flexibility index (Phi) is 5.28. The van der Waals surface area contributed by atoms with Crippen LogP contribution in [0.4, 0.5) is 0 Å². The molecule has 2 aliphatic rings. The number of hydrogen-bond acceptors (Lipinski definition) is 7. The highest BCUT2D eigenvalue weighted by atomic mass is 16.5. The van der Waals surface area contributed by atoms with Crippen LogP contribution < -0.4 is 5.56 Å². The zero-order valence-electron chi connectivity index (χ0n) is 18.0. The molecule has 3 aromatic rings. The van der Waals surface area contributed by atoms with Crippen molar-refractivity contribution in [1.29, 1.82) is 0 Å². The molecule has 1 unspecified atom stereocenters. The highest BCUT2D eigenvalue weighted by Gasteiger charge is 2.33. The third kappa shape index (κ3) is 3.28. The van der Waals surface area contributed by atoms with Crippen LogP contribution in [0.25, 0.3) is 22.3 Å². The average molecular weight is 423 g/mol. The molecule has 0 amide bonds. The second-order valence-electron chi connectivity index (χ2n) is 7.73. The molecule has 1 aromatic carbocycles. The number of phenolic OH excluding ortho intramolecular Hbond substituents is 1. The number of aliphatic hydroxyl groups is 1. The van der Waals surface area contributed by atoms with E-state index in [0.717, 1.165) is 16.5 Å². The number of ether oxygens (including phenoxy) is 1. The number of pyridine rings is 2. The van der Waals surface area contributed by atoms with Crippen LogP contribution in [0, 0.1) is 0 Å². The number of cyclic esters (lactones) is 1. The lowest BCUT2D eigenvalue weighted by molar-refractivity contribution is -0.157. The lowest BCUT2D eigenvalue weighted by atomic mass is 10.00. The number of aliphatic hydroxyl groups excluding tert-OH is 1.